The minimum atomic E-state index is -1.22. The summed E-state index contributed by atoms with van der Waals surface area (Å²) in [6.07, 6.45) is 8.73. The number of hydrogen-bond acceptors (Lipinski definition) is 2. The number of carbonyl (C=O) groups excluding carboxylic acids is 1. The smallest absolute Gasteiger partial charge is 0.186 e. The topological polar surface area (TPSA) is 37.3 Å². The fourth-order valence-corrected chi connectivity index (χ4v) is 2.49. The first-order valence-corrected chi connectivity index (χ1v) is 8.91. The molecule has 2 nitrogen and oxygen atoms in total. The van der Waals surface area contributed by atoms with Crippen molar-refractivity contribution in [1.29, 1.82) is 0 Å². The van der Waals surface area contributed by atoms with Gasteiger partial charge in [-0.3, -0.25) is 4.79 Å². The van der Waals surface area contributed by atoms with E-state index in [1.54, 1.807) is 11.1 Å². The molecule has 1 aliphatic carbocycles. The van der Waals surface area contributed by atoms with Crippen LogP contribution in [0.2, 0.25) is 0 Å². The van der Waals surface area contributed by atoms with Crippen molar-refractivity contribution in [2.45, 2.75) is 72.3 Å². The molecule has 0 aliphatic heterocycles. The number of ketones is 1. The van der Waals surface area contributed by atoms with Crippen LogP contribution in [-0.2, 0) is 17.6 Å². The van der Waals surface area contributed by atoms with E-state index >= 15 is 0 Å². The van der Waals surface area contributed by atoms with Crippen molar-refractivity contribution in [3.8, 4) is 0 Å². The van der Waals surface area contributed by atoms with Crippen LogP contribution in [-0.4, -0.2) is 16.5 Å². The second-order valence-electron chi connectivity index (χ2n) is 7.15. The second kappa shape index (κ2) is 9.58. The van der Waals surface area contributed by atoms with E-state index in [-0.39, 0.29) is 5.78 Å². The molecule has 0 radical (unpaired) electrons. The lowest BCUT2D eigenvalue weighted by Gasteiger charge is -2.18. The summed E-state index contributed by atoms with van der Waals surface area (Å²) in [5, 5.41) is 9.24. The van der Waals surface area contributed by atoms with Gasteiger partial charge < -0.3 is 5.11 Å². The maximum Gasteiger partial charge on any atom is 0.186 e. The maximum absolute atomic E-state index is 11.1. The highest BCUT2D eigenvalue weighted by atomic mass is 16.3. The van der Waals surface area contributed by atoms with Gasteiger partial charge in [-0.15, -0.1) is 0 Å². The Labute approximate surface area is 147 Å². The zero-order valence-corrected chi connectivity index (χ0v) is 15.9. The summed E-state index contributed by atoms with van der Waals surface area (Å²) in [5.74, 6) is -0.224. The molecule has 0 spiro atoms. The molecule has 1 aliphatic rings. The van der Waals surface area contributed by atoms with Crippen molar-refractivity contribution in [3.63, 3.8) is 0 Å². The van der Waals surface area contributed by atoms with E-state index in [9.17, 15) is 9.90 Å². The molecular weight excluding hydrogens is 296 g/mol. The number of aliphatic hydroxyl groups is 1. The molecule has 0 unspecified atom stereocenters. The Bertz CT molecular complexity index is 568. The molecule has 0 aromatic heterocycles. The van der Waals surface area contributed by atoms with Crippen molar-refractivity contribution in [1.82, 2.24) is 0 Å². The predicted octanol–water partition coefficient (Wildman–Crippen LogP) is 5.19. The van der Waals surface area contributed by atoms with E-state index in [1.165, 1.54) is 31.1 Å². The van der Waals surface area contributed by atoms with Gasteiger partial charge in [-0.1, -0.05) is 61.3 Å². The van der Waals surface area contributed by atoms with Gasteiger partial charge in [-0.05, 0) is 64.2 Å². The first-order valence-electron chi connectivity index (χ1n) is 8.91. The molecule has 2 rings (SSSR count). The van der Waals surface area contributed by atoms with E-state index in [1.807, 2.05) is 6.08 Å². The molecule has 2 heteroatoms. The summed E-state index contributed by atoms with van der Waals surface area (Å²) in [7, 11) is 0. The first kappa shape index (κ1) is 20.4. The Hall–Kier alpha value is -1.67. The molecule has 0 bridgehead atoms. The average Bonchev–Trinajstić information content (AvgIpc) is 2.52. The number of hydrogen-bond donors (Lipinski definition) is 1. The second-order valence-corrected chi connectivity index (χ2v) is 7.15. The highest BCUT2D eigenvalue weighted by molar-refractivity contribution is 5.96. The van der Waals surface area contributed by atoms with Crippen LogP contribution in [0, 0.1) is 0 Å². The number of carbonyl (C=O) groups is 1. The summed E-state index contributed by atoms with van der Waals surface area (Å²) in [5.41, 5.74) is 4.91. The Kier molecular flexibility index (Phi) is 8.14. The quantitative estimate of drug-likeness (QED) is 0.458. The lowest BCUT2D eigenvalue weighted by atomic mass is 9.88. The van der Waals surface area contributed by atoms with Crippen LogP contribution in [0.3, 0.4) is 0 Å². The van der Waals surface area contributed by atoms with Crippen molar-refractivity contribution >= 4 is 5.78 Å². The third-order valence-electron chi connectivity index (χ3n) is 4.35. The zero-order chi connectivity index (χ0) is 18.2. The van der Waals surface area contributed by atoms with E-state index in [0.29, 0.717) is 0 Å². The molecule has 0 fully saturated rings. The van der Waals surface area contributed by atoms with E-state index in [4.69, 9.17) is 0 Å². The first-order chi connectivity index (χ1) is 11.3. The molecule has 0 saturated heterocycles. The fourth-order valence-electron chi connectivity index (χ4n) is 2.49. The standard InChI is InChI=1S/C12H14.C10H18O2/c1-9-7-11-5-3-4-6-12(11)8-10(9)2;1-4-5-6-7-8-9(11)10(2,3)12/h3-6H,7-8H2,1-2H3;7-8,12H,4-6H2,1-3H3/b;8-7+. The van der Waals surface area contributed by atoms with Gasteiger partial charge >= 0.3 is 0 Å². The summed E-state index contributed by atoms with van der Waals surface area (Å²) < 4.78 is 0. The predicted molar refractivity (Wildman–Crippen MR) is 102 cm³/mol. The lowest BCUT2D eigenvalue weighted by molar-refractivity contribution is -0.128. The summed E-state index contributed by atoms with van der Waals surface area (Å²) >= 11 is 0. The number of benzene rings is 1. The van der Waals surface area contributed by atoms with Crippen molar-refractivity contribution in [3.05, 3.63) is 58.7 Å². The monoisotopic (exact) mass is 328 g/mol. The number of unbranched alkanes of at least 4 members (excludes halogenated alkanes) is 2. The molecule has 0 atom stereocenters. The van der Waals surface area contributed by atoms with Crippen LogP contribution in [0.4, 0.5) is 0 Å². The highest BCUT2D eigenvalue weighted by Crippen LogP contribution is 2.24. The fraction of sp³-hybridized carbons (Fsp3) is 0.500. The molecule has 0 amide bonds. The summed E-state index contributed by atoms with van der Waals surface area (Å²) in [6.45, 7) is 9.58. The molecule has 1 N–H and O–H groups in total. The number of rotatable bonds is 5. The maximum atomic E-state index is 11.1. The molecule has 0 heterocycles. The third kappa shape index (κ3) is 6.84. The van der Waals surface area contributed by atoms with Gasteiger partial charge in [0.1, 0.15) is 5.60 Å². The Morgan fingerprint density at radius 1 is 1.12 bits per heavy atom. The molecular formula is C22H32O2. The SMILES string of the molecule is CC1=C(C)Cc2ccccc2C1.CCCC/C=C/C(=O)C(C)(C)O. The number of allylic oxidation sites excluding steroid dienone is 3. The minimum absolute atomic E-state index is 0.224. The van der Waals surface area contributed by atoms with Crippen molar-refractivity contribution in [2.75, 3.05) is 0 Å². The van der Waals surface area contributed by atoms with Crippen molar-refractivity contribution in [2.24, 2.45) is 0 Å². The van der Waals surface area contributed by atoms with E-state index < -0.39 is 5.60 Å². The van der Waals surface area contributed by atoms with Crippen LogP contribution in [0.5, 0.6) is 0 Å². The van der Waals surface area contributed by atoms with E-state index in [2.05, 4.69) is 45.0 Å². The van der Waals surface area contributed by atoms with Crippen molar-refractivity contribution < 1.29 is 9.90 Å². The van der Waals surface area contributed by atoms with Crippen LogP contribution in [0.25, 0.3) is 0 Å². The van der Waals surface area contributed by atoms with Crippen LogP contribution in [0.15, 0.2) is 47.6 Å². The molecule has 132 valence electrons. The minimum Gasteiger partial charge on any atom is -0.382 e. The van der Waals surface area contributed by atoms with E-state index in [0.717, 1.165) is 32.1 Å². The van der Waals surface area contributed by atoms with Gasteiger partial charge in [0.2, 0.25) is 0 Å². The largest absolute Gasteiger partial charge is 0.382 e. The van der Waals surface area contributed by atoms with Gasteiger partial charge in [-0.25, -0.2) is 0 Å². The Balaban J connectivity index is 0.000000240. The Morgan fingerprint density at radius 2 is 1.62 bits per heavy atom. The summed E-state index contributed by atoms with van der Waals surface area (Å²) in [6, 6.07) is 8.75. The number of fused-ring (bicyclic) bond motifs is 1. The Morgan fingerprint density at radius 3 is 2.04 bits per heavy atom. The van der Waals surface area contributed by atoms with Gasteiger partial charge in [0.25, 0.3) is 0 Å². The lowest BCUT2D eigenvalue weighted by Crippen LogP contribution is -2.29. The van der Waals surface area contributed by atoms with Crippen LogP contribution >= 0.6 is 0 Å². The van der Waals surface area contributed by atoms with Crippen LogP contribution in [0.1, 0.15) is 65.0 Å². The van der Waals surface area contributed by atoms with Crippen LogP contribution < -0.4 is 0 Å². The third-order valence-corrected chi connectivity index (χ3v) is 4.35. The average molecular weight is 328 g/mol. The summed E-state index contributed by atoms with van der Waals surface area (Å²) in [4.78, 5) is 11.1. The van der Waals surface area contributed by atoms with Gasteiger partial charge in [0.15, 0.2) is 5.78 Å². The zero-order valence-electron chi connectivity index (χ0n) is 15.9. The molecule has 0 saturated carbocycles. The van der Waals surface area contributed by atoms with Gasteiger partial charge in [0.05, 0.1) is 0 Å². The highest BCUT2D eigenvalue weighted by Gasteiger charge is 2.20. The molecule has 24 heavy (non-hydrogen) atoms. The molecule has 1 aromatic carbocycles. The normalized spacial score (nSPS) is 14.2. The molecule has 1 aromatic rings. The van der Waals surface area contributed by atoms with Gasteiger partial charge in [-0.2, -0.15) is 0 Å². The van der Waals surface area contributed by atoms with Gasteiger partial charge in [0, 0.05) is 0 Å².